The Labute approximate surface area is 123 Å². The van der Waals surface area contributed by atoms with E-state index in [1.807, 2.05) is 0 Å². The minimum atomic E-state index is -0.659. The van der Waals surface area contributed by atoms with Crippen molar-refractivity contribution in [2.75, 3.05) is 19.6 Å². The molecule has 7 nitrogen and oxygen atoms in total. The quantitative estimate of drug-likeness (QED) is 0.806. The molecule has 0 radical (unpaired) electrons. The molecule has 0 bridgehead atoms. The average Bonchev–Trinajstić information content (AvgIpc) is 2.49. The highest BCUT2D eigenvalue weighted by molar-refractivity contribution is 5.93. The number of carbonyl (C=O) groups excluding carboxylic acids is 2. The number of piperidine rings is 1. The number of nitrogens with zero attached hydrogens (tertiary/aromatic N) is 3. The molecule has 1 saturated heterocycles. The molecule has 1 unspecified atom stereocenters. The summed E-state index contributed by atoms with van der Waals surface area (Å²) in [4.78, 5) is 32.8. The van der Waals surface area contributed by atoms with E-state index < -0.39 is 5.91 Å². The smallest absolute Gasteiger partial charge is 0.271 e. The van der Waals surface area contributed by atoms with Crippen molar-refractivity contribution in [3.63, 3.8) is 0 Å². The molecular weight excluding hydrogens is 270 g/mol. The summed E-state index contributed by atoms with van der Waals surface area (Å²) in [7, 11) is 0. The monoisotopic (exact) mass is 291 g/mol. The predicted molar refractivity (Wildman–Crippen MR) is 77.8 cm³/mol. The normalized spacial score (nSPS) is 19.2. The van der Waals surface area contributed by atoms with Crippen LogP contribution in [0.25, 0.3) is 0 Å². The van der Waals surface area contributed by atoms with E-state index in [1.54, 1.807) is 0 Å². The van der Waals surface area contributed by atoms with Crippen molar-refractivity contribution in [2.45, 2.75) is 32.2 Å². The number of aromatic nitrogens is 2. The summed E-state index contributed by atoms with van der Waals surface area (Å²) in [6.07, 6.45) is 6.20. The lowest BCUT2D eigenvalue weighted by Crippen LogP contribution is -2.42. The average molecular weight is 291 g/mol. The van der Waals surface area contributed by atoms with Gasteiger partial charge in [0.1, 0.15) is 11.4 Å². The number of primary amides is 1. The SMILES string of the molecule is CC1CCCCN1CCNC(=O)c1cnc(C(N)=O)cn1. The van der Waals surface area contributed by atoms with Gasteiger partial charge in [0.25, 0.3) is 11.8 Å². The Morgan fingerprint density at radius 1 is 1.33 bits per heavy atom. The number of likely N-dealkylation sites (tertiary alicyclic amines) is 1. The molecule has 0 aliphatic carbocycles. The number of nitrogens with two attached hydrogens (primary N) is 1. The standard InChI is InChI=1S/C14H21N5O2/c1-10-4-2-3-6-19(10)7-5-16-14(21)12-9-17-11(8-18-12)13(15)20/h8-10H,2-7H2,1H3,(H2,15,20)(H,16,21). The van der Waals surface area contributed by atoms with Gasteiger partial charge in [0.15, 0.2) is 0 Å². The van der Waals surface area contributed by atoms with E-state index in [4.69, 9.17) is 5.73 Å². The third kappa shape index (κ3) is 4.22. The first kappa shape index (κ1) is 15.4. The van der Waals surface area contributed by atoms with Crippen LogP contribution in [0.1, 0.15) is 47.2 Å². The fourth-order valence-corrected chi connectivity index (χ4v) is 2.47. The van der Waals surface area contributed by atoms with Gasteiger partial charge in [0.05, 0.1) is 12.4 Å². The van der Waals surface area contributed by atoms with Gasteiger partial charge in [0.2, 0.25) is 0 Å². The topological polar surface area (TPSA) is 101 Å². The third-order valence-electron chi connectivity index (χ3n) is 3.76. The van der Waals surface area contributed by atoms with Gasteiger partial charge in [0, 0.05) is 19.1 Å². The lowest BCUT2D eigenvalue weighted by Gasteiger charge is -2.33. The summed E-state index contributed by atoms with van der Waals surface area (Å²) in [6.45, 7) is 4.71. The lowest BCUT2D eigenvalue weighted by molar-refractivity contribution is 0.0930. The molecule has 2 heterocycles. The Morgan fingerprint density at radius 3 is 2.67 bits per heavy atom. The van der Waals surface area contributed by atoms with Gasteiger partial charge in [-0.25, -0.2) is 9.97 Å². The van der Waals surface area contributed by atoms with Gasteiger partial charge in [-0.1, -0.05) is 6.42 Å². The highest BCUT2D eigenvalue weighted by Crippen LogP contribution is 2.15. The van der Waals surface area contributed by atoms with E-state index >= 15 is 0 Å². The number of hydrogen-bond donors (Lipinski definition) is 2. The molecule has 1 aromatic heterocycles. The van der Waals surface area contributed by atoms with Crippen molar-refractivity contribution >= 4 is 11.8 Å². The molecule has 7 heteroatoms. The zero-order chi connectivity index (χ0) is 15.2. The van der Waals surface area contributed by atoms with Crippen molar-refractivity contribution in [3.8, 4) is 0 Å². The Hall–Kier alpha value is -2.02. The Kier molecular flexibility index (Phi) is 5.21. The van der Waals surface area contributed by atoms with Crippen molar-refractivity contribution < 1.29 is 9.59 Å². The van der Waals surface area contributed by atoms with Crippen LogP contribution >= 0.6 is 0 Å². The molecule has 0 saturated carbocycles. The zero-order valence-corrected chi connectivity index (χ0v) is 12.2. The van der Waals surface area contributed by atoms with Crippen molar-refractivity contribution in [1.82, 2.24) is 20.2 Å². The van der Waals surface area contributed by atoms with Gasteiger partial charge in [-0.3, -0.25) is 14.5 Å². The second-order valence-corrected chi connectivity index (χ2v) is 5.29. The molecule has 1 aliphatic rings. The number of rotatable bonds is 5. The van der Waals surface area contributed by atoms with E-state index in [1.165, 1.54) is 31.7 Å². The number of hydrogen-bond acceptors (Lipinski definition) is 5. The van der Waals surface area contributed by atoms with Crippen molar-refractivity contribution in [2.24, 2.45) is 5.73 Å². The lowest BCUT2D eigenvalue weighted by atomic mass is 10.0. The fourth-order valence-electron chi connectivity index (χ4n) is 2.47. The molecule has 2 amide bonds. The summed E-state index contributed by atoms with van der Waals surface area (Å²) in [5.41, 5.74) is 5.30. The third-order valence-corrected chi connectivity index (χ3v) is 3.76. The highest BCUT2D eigenvalue weighted by Gasteiger charge is 2.18. The van der Waals surface area contributed by atoms with Crippen LogP contribution < -0.4 is 11.1 Å². The van der Waals surface area contributed by atoms with Gasteiger partial charge >= 0.3 is 0 Å². The zero-order valence-electron chi connectivity index (χ0n) is 12.2. The molecule has 1 aromatic rings. The summed E-state index contributed by atoms with van der Waals surface area (Å²) in [6, 6.07) is 0.574. The maximum absolute atomic E-state index is 11.9. The first-order valence-electron chi connectivity index (χ1n) is 7.22. The second-order valence-electron chi connectivity index (χ2n) is 5.29. The van der Waals surface area contributed by atoms with Crippen LogP contribution in [0.15, 0.2) is 12.4 Å². The van der Waals surface area contributed by atoms with E-state index in [-0.39, 0.29) is 17.3 Å². The summed E-state index contributed by atoms with van der Waals surface area (Å²) >= 11 is 0. The van der Waals surface area contributed by atoms with E-state index in [0.29, 0.717) is 12.6 Å². The van der Waals surface area contributed by atoms with E-state index in [2.05, 4.69) is 27.1 Å². The summed E-state index contributed by atoms with van der Waals surface area (Å²) in [5.74, 6) is -0.947. The van der Waals surface area contributed by atoms with Crippen LogP contribution in [0, 0.1) is 0 Å². The first-order valence-corrected chi connectivity index (χ1v) is 7.22. The minimum Gasteiger partial charge on any atom is -0.364 e. The van der Waals surface area contributed by atoms with E-state index in [0.717, 1.165) is 13.1 Å². The molecule has 1 atom stereocenters. The molecule has 3 N–H and O–H groups in total. The Balaban J connectivity index is 1.80. The van der Waals surface area contributed by atoms with Crippen LogP contribution in [0.4, 0.5) is 0 Å². The van der Waals surface area contributed by atoms with Crippen LogP contribution in [0.3, 0.4) is 0 Å². The van der Waals surface area contributed by atoms with E-state index in [9.17, 15) is 9.59 Å². The van der Waals surface area contributed by atoms with Gasteiger partial charge in [-0.15, -0.1) is 0 Å². The molecular formula is C14H21N5O2. The largest absolute Gasteiger partial charge is 0.364 e. The molecule has 21 heavy (non-hydrogen) atoms. The Bertz CT molecular complexity index is 503. The molecule has 114 valence electrons. The summed E-state index contributed by atoms with van der Waals surface area (Å²) < 4.78 is 0. The predicted octanol–water partition coefficient (Wildman–Crippen LogP) is 0.180. The van der Waals surface area contributed by atoms with Crippen LogP contribution in [0.5, 0.6) is 0 Å². The van der Waals surface area contributed by atoms with Crippen molar-refractivity contribution in [3.05, 3.63) is 23.8 Å². The molecule has 0 aromatic carbocycles. The molecule has 0 spiro atoms. The molecule has 2 rings (SSSR count). The molecule has 1 aliphatic heterocycles. The highest BCUT2D eigenvalue weighted by atomic mass is 16.2. The summed E-state index contributed by atoms with van der Waals surface area (Å²) in [5, 5.41) is 2.82. The minimum absolute atomic E-state index is 0.0497. The van der Waals surface area contributed by atoms with Crippen LogP contribution in [-0.2, 0) is 0 Å². The first-order chi connectivity index (χ1) is 10.1. The van der Waals surface area contributed by atoms with Crippen LogP contribution in [-0.4, -0.2) is 52.4 Å². The molecule has 1 fully saturated rings. The maximum Gasteiger partial charge on any atom is 0.271 e. The van der Waals surface area contributed by atoms with Crippen LogP contribution in [0.2, 0.25) is 0 Å². The number of carbonyl (C=O) groups is 2. The fraction of sp³-hybridized carbons (Fsp3) is 0.571. The number of amides is 2. The van der Waals surface area contributed by atoms with Crippen molar-refractivity contribution in [1.29, 1.82) is 0 Å². The second kappa shape index (κ2) is 7.12. The maximum atomic E-state index is 11.9. The van der Waals surface area contributed by atoms with Gasteiger partial charge in [-0.2, -0.15) is 0 Å². The Morgan fingerprint density at radius 2 is 2.05 bits per heavy atom. The van der Waals surface area contributed by atoms with Gasteiger partial charge in [-0.05, 0) is 26.3 Å². The number of nitrogens with one attached hydrogen (secondary N) is 1. The van der Waals surface area contributed by atoms with Gasteiger partial charge < -0.3 is 11.1 Å².